The van der Waals surface area contributed by atoms with Crippen LogP contribution in [0.4, 0.5) is 5.82 Å². The van der Waals surface area contributed by atoms with Gasteiger partial charge in [-0.15, -0.1) is 0 Å². The van der Waals surface area contributed by atoms with E-state index in [9.17, 15) is 10.1 Å². The lowest BCUT2D eigenvalue weighted by molar-refractivity contribution is -0.389. The largest absolute Gasteiger partial charge is 0.443 e. The molecular formula is C12H11BrN4O4. The minimum atomic E-state index is -0.544. The highest BCUT2D eigenvalue weighted by atomic mass is 79.9. The minimum absolute atomic E-state index is 0.185. The highest BCUT2D eigenvalue weighted by Crippen LogP contribution is 2.22. The molecule has 9 heteroatoms. The van der Waals surface area contributed by atoms with Gasteiger partial charge >= 0.3 is 11.8 Å². The van der Waals surface area contributed by atoms with Crippen LogP contribution in [0.1, 0.15) is 5.56 Å². The Kier molecular flexibility index (Phi) is 3.84. The Morgan fingerprint density at radius 1 is 1.57 bits per heavy atom. The zero-order valence-electron chi connectivity index (χ0n) is 10.8. The van der Waals surface area contributed by atoms with Gasteiger partial charge in [-0.3, -0.25) is 4.57 Å². The monoisotopic (exact) mass is 354 g/mol. The Bertz CT molecular complexity index is 658. The summed E-state index contributed by atoms with van der Waals surface area (Å²) in [5.41, 5.74) is 0.945. The lowest BCUT2D eigenvalue weighted by Gasteiger charge is -2.22. The fraction of sp³-hybridized carbons (Fsp3) is 0.333. The van der Waals surface area contributed by atoms with Gasteiger partial charge in [0.15, 0.2) is 0 Å². The van der Waals surface area contributed by atoms with Crippen LogP contribution in [-0.2, 0) is 17.9 Å². The van der Waals surface area contributed by atoms with Gasteiger partial charge in [0.1, 0.15) is 23.5 Å². The number of aromatic nitrogens is 3. The van der Waals surface area contributed by atoms with Crippen LogP contribution in [0.25, 0.3) is 0 Å². The van der Waals surface area contributed by atoms with Gasteiger partial charge in [-0.05, 0) is 32.5 Å². The molecule has 0 spiro atoms. The Morgan fingerprint density at radius 3 is 3.14 bits per heavy atom. The predicted octanol–water partition coefficient (Wildman–Crippen LogP) is 1.93. The number of pyridine rings is 1. The van der Waals surface area contributed by atoms with Crippen LogP contribution in [-0.4, -0.2) is 32.2 Å². The first-order valence-corrected chi connectivity index (χ1v) is 6.97. The summed E-state index contributed by atoms with van der Waals surface area (Å²) in [6.07, 6.45) is 2.89. The van der Waals surface area contributed by atoms with E-state index in [0.717, 1.165) is 10.2 Å². The molecular weight excluding hydrogens is 344 g/mol. The van der Waals surface area contributed by atoms with Crippen molar-refractivity contribution in [3.8, 4) is 6.01 Å². The number of hydrogen-bond donors (Lipinski definition) is 0. The Labute approximate surface area is 128 Å². The summed E-state index contributed by atoms with van der Waals surface area (Å²) >= 11 is 3.27. The van der Waals surface area contributed by atoms with Gasteiger partial charge in [-0.1, -0.05) is 6.07 Å². The number of rotatable bonds is 4. The number of halogens is 1. The molecule has 0 aromatic carbocycles. The van der Waals surface area contributed by atoms with Crippen molar-refractivity contribution in [2.75, 3.05) is 6.61 Å². The van der Waals surface area contributed by atoms with E-state index in [2.05, 4.69) is 25.9 Å². The standard InChI is InChI=1S/C12H11BrN4O4/c13-10-2-1-8(3-14-10)6-20-9-4-16-5-11(17(18)19)15-12(16)21-7-9/h1-3,5,9H,4,6-7H2/t9-/m0/s1. The number of ether oxygens (including phenoxy) is 2. The van der Waals surface area contributed by atoms with Crippen LogP contribution < -0.4 is 4.74 Å². The van der Waals surface area contributed by atoms with E-state index in [1.807, 2.05) is 12.1 Å². The lowest BCUT2D eigenvalue weighted by Crippen LogP contribution is -2.32. The number of nitro groups is 1. The van der Waals surface area contributed by atoms with Crippen molar-refractivity contribution in [1.29, 1.82) is 0 Å². The maximum absolute atomic E-state index is 10.7. The average Bonchev–Trinajstić information content (AvgIpc) is 2.90. The third-order valence-corrected chi connectivity index (χ3v) is 3.46. The SMILES string of the molecule is O=[N+]([O-])c1cn2c(n1)OC[C@@H](OCc1ccc(Br)nc1)C2. The van der Waals surface area contributed by atoms with Crippen LogP contribution >= 0.6 is 15.9 Å². The quantitative estimate of drug-likeness (QED) is 0.473. The summed E-state index contributed by atoms with van der Waals surface area (Å²) in [6.45, 7) is 1.19. The van der Waals surface area contributed by atoms with E-state index in [1.165, 1.54) is 6.20 Å². The van der Waals surface area contributed by atoms with Crippen molar-refractivity contribution in [3.05, 3.63) is 44.8 Å². The number of nitrogens with zero attached hydrogens (tertiary/aromatic N) is 4. The normalized spacial score (nSPS) is 17.1. The van der Waals surface area contributed by atoms with Gasteiger partial charge in [0.25, 0.3) is 0 Å². The first-order valence-electron chi connectivity index (χ1n) is 6.18. The van der Waals surface area contributed by atoms with E-state index >= 15 is 0 Å². The Balaban J connectivity index is 1.61. The molecule has 0 fully saturated rings. The summed E-state index contributed by atoms with van der Waals surface area (Å²) in [5.74, 6) is -0.220. The van der Waals surface area contributed by atoms with Gasteiger partial charge < -0.3 is 19.6 Å². The van der Waals surface area contributed by atoms with Crippen LogP contribution in [0, 0.1) is 10.1 Å². The van der Waals surface area contributed by atoms with Crippen LogP contribution in [0.2, 0.25) is 0 Å². The lowest BCUT2D eigenvalue weighted by atomic mass is 10.3. The molecule has 8 nitrogen and oxygen atoms in total. The van der Waals surface area contributed by atoms with Crippen molar-refractivity contribution in [2.45, 2.75) is 19.3 Å². The highest BCUT2D eigenvalue weighted by molar-refractivity contribution is 9.10. The molecule has 0 radical (unpaired) electrons. The third-order valence-electron chi connectivity index (χ3n) is 2.99. The fourth-order valence-electron chi connectivity index (χ4n) is 1.97. The van der Waals surface area contributed by atoms with Crippen LogP contribution in [0.3, 0.4) is 0 Å². The highest BCUT2D eigenvalue weighted by Gasteiger charge is 2.28. The molecule has 3 rings (SSSR count). The van der Waals surface area contributed by atoms with Crippen molar-refractivity contribution in [2.24, 2.45) is 0 Å². The topological polar surface area (TPSA) is 92.3 Å². The van der Waals surface area contributed by atoms with Crippen molar-refractivity contribution in [1.82, 2.24) is 14.5 Å². The molecule has 3 heterocycles. The second-order valence-electron chi connectivity index (χ2n) is 4.52. The van der Waals surface area contributed by atoms with Crippen molar-refractivity contribution < 1.29 is 14.4 Å². The molecule has 0 amide bonds. The van der Waals surface area contributed by atoms with E-state index in [1.54, 1.807) is 10.8 Å². The molecule has 2 aromatic heterocycles. The molecule has 0 saturated carbocycles. The Morgan fingerprint density at radius 2 is 2.43 bits per heavy atom. The van der Waals surface area contributed by atoms with Crippen molar-refractivity contribution in [3.63, 3.8) is 0 Å². The molecule has 110 valence electrons. The molecule has 0 saturated heterocycles. The summed E-state index contributed by atoms with van der Waals surface area (Å²) in [4.78, 5) is 18.0. The van der Waals surface area contributed by atoms with Gasteiger partial charge in [-0.2, -0.15) is 0 Å². The second-order valence-corrected chi connectivity index (χ2v) is 5.34. The van der Waals surface area contributed by atoms with E-state index in [4.69, 9.17) is 9.47 Å². The third kappa shape index (κ3) is 3.19. The molecule has 0 aliphatic carbocycles. The fourth-order valence-corrected chi connectivity index (χ4v) is 2.20. The molecule has 1 aliphatic heterocycles. The number of fused-ring (bicyclic) bond motifs is 1. The molecule has 0 unspecified atom stereocenters. The molecule has 0 bridgehead atoms. The number of imidazole rings is 1. The Hall–Kier alpha value is -2.00. The zero-order valence-corrected chi connectivity index (χ0v) is 12.4. The van der Waals surface area contributed by atoms with Gasteiger partial charge in [0.2, 0.25) is 0 Å². The second kappa shape index (κ2) is 5.78. The van der Waals surface area contributed by atoms with E-state index in [-0.39, 0.29) is 17.9 Å². The summed E-state index contributed by atoms with van der Waals surface area (Å²) in [7, 11) is 0. The molecule has 21 heavy (non-hydrogen) atoms. The first-order chi connectivity index (χ1) is 10.1. The van der Waals surface area contributed by atoms with Gasteiger partial charge in [0, 0.05) is 11.2 Å². The minimum Gasteiger partial charge on any atom is -0.443 e. The molecule has 1 atom stereocenters. The average molecular weight is 355 g/mol. The smallest absolute Gasteiger partial charge is 0.414 e. The summed E-state index contributed by atoms with van der Waals surface area (Å²) < 4.78 is 13.5. The maximum atomic E-state index is 10.7. The van der Waals surface area contributed by atoms with E-state index < -0.39 is 4.92 Å². The van der Waals surface area contributed by atoms with Crippen LogP contribution in [0.15, 0.2) is 29.1 Å². The maximum Gasteiger partial charge on any atom is 0.414 e. The molecule has 2 aromatic rings. The first kappa shape index (κ1) is 14.0. The van der Waals surface area contributed by atoms with Gasteiger partial charge in [0.05, 0.1) is 13.2 Å². The predicted molar refractivity (Wildman–Crippen MR) is 74.9 cm³/mol. The summed E-state index contributed by atoms with van der Waals surface area (Å²) in [5, 5.41) is 10.7. The molecule has 1 aliphatic rings. The van der Waals surface area contributed by atoms with Gasteiger partial charge in [-0.25, -0.2) is 4.98 Å². The van der Waals surface area contributed by atoms with Crippen LogP contribution in [0.5, 0.6) is 6.01 Å². The number of hydrogen-bond acceptors (Lipinski definition) is 6. The summed E-state index contributed by atoms with van der Waals surface area (Å²) in [6, 6.07) is 4.01. The zero-order chi connectivity index (χ0) is 14.8. The van der Waals surface area contributed by atoms with Crippen molar-refractivity contribution >= 4 is 21.7 Å². The van der Waals surface area contributed by atoms with E-state index in [0.29, 0.717) is 19.8 Å². The molecule has 0 N–H and O–H groups in total.